The van der Waals surface area contributed by atoms with E-state index in [4.69, 9.17) is 25.8 Å². The summed E-state index contributed by atoms with van der Waals surface area (Å²) in [6.07, 6.45) is 1.13. The van der Waals surface area contributed by atoms with Gasteiger partial charge in [-0.25, -0.2) is 4.79 Å². The lowest BCUT2D eigenvalue weighted by atomic mass is 10.1. The summed E-state index contributed by atoms with van der Waals surface area (Å²) in [7, 11) is 0. The van der Waals surface area contributed by atoms with Crippen LogP contribution < -0.4 is 9.47 Å². The number of thioether (sulfide) groups is 1. The molecule has 3 rings (SSSR count). The third-order valence-corrected chi connectivity index (χ3v) is 6.14. The second kappa shape index (κ2) is 11.7. The molecule has 0 saturated carbocycles. The second-order valence-corrected chi connectivity index (χ2v) is 9.75. The summed E-state index contributed by atoms with van der Waals surface area (Å²) < 4.78 is 16.6. The highest BCUT2D eigenvalue weighted by molar-refractivity contribution is 9.10. The van der Waals surface area contributed by atoms with Gasteiger partial charge in [0, 0.05) is 5.02 Å². The van der Waals surface area contributed by atoms with Crippen molar-refractivity contribution < 1.29 is 33.4 Å². The van der Waals surface area contributed by atoms with E-state index in [-0.39, 0.29) is 34.7 Å². The molecule has 1 saturated heterocycles. The minimum atomic E-state index is -0.671. The summed E-state index contributed by atoms with van der Waals surface area (Å²) in [6.45, 7) is 4.94. The third-order valence-electron chi connectivity index (χ3n) is 4.41. The fourth-order valence-electron chi connectivity index (χ4n) is 3.02. The number of carbonyl (C=O) groups is 4. The largest absolute Gasteiger partial charge is 0.490 e. The van der Waals surface area contributed by atoms with Gasteiger partial charge in [-0.3, -0.25) is 19.3 Å². The molecule has 0 aliphatic carbocycles. The first-order chi connectivity index (χ1) is 16.6. The van der Waals surface area contributed by atoms with Crippen LogP contribution in [0, 0.1) is 0 Å². The van der Waals surface area contributed by atoms with Crippen LogP contribution >= 0.6 is 39.3 Å². The molecule has 1 aliphatic rings. The fraction of sp³-hybridized carbons (Fsp3) is 0.250. The Kier molecular flexibility index (Phi) is 8.98. The molecule has 184 valence electrons. The van der Waals surface area contributed by atoms with Gasteiger partial charge in [0.15, 0.2) is 11.5 Å². The zero-order chi connectivity index (χ0) is 25.7. The number of esters is 2. The number of benzene rings is 2. The van der Waals surface area contributed by atoms with Crippen molar-refractivity contribution in [1.29, 1.82) is 0 Å². The molecule has 1 fully saturated rings. The van der Waals surface area contributed by atoms with Crippen molar-refractivity contribution in [2.75, 3.05) is 13.2 Å². The molecule has 0 N–H and O–H groups in total. The Hall–Kier alpha value is -2.82. The van der Waals surface area contributed by atoms with Gasteiger partial charge in [0.2, 0.25) is 0 Å². The predicted octanol–water partition coefficient (Wildman–Crippen LogP) is 5.71. The van der Waals surface area contributed by atoms with Gasteiger partial charge in [0.1, 0.15) is 6.54 Å². The number of imide groups is 1. The predicted molar refractivity (Wildman–Crippen MR) is 136 cm³/mol. The Labute approximate surface area is 219 Å². The van der Waals surface area contributed by atoms with Crippen molar-refractivity contribution in [2.45, 2.75) is 26.9 Å². The molecule has 2 amide bonds. The van der Waals surface area contributed by atoms with E-state index < -0.39 is 29.6 Å². The van der Waals surface area contributed by atoms with Crippen LogP contribution in [-0.4, -0.2) is 47.2 Å². The van der Waals surface area contributed by atoms with Crippen LogP contribution in [0.2, 0.25) is 5.02 Å². The van der Waals surface area contributed by atoms with Crippen molar-refractivity contribution in [3.8, 4) is 11.5 Å². The maximum absolute atomic E-state index is 12.7. The highest BCUT2D eigenvalue weighted by Crippen LogP contribution is 2.39. The van der Waals surface area contributed by atoms with Crippen LogP contribution in [0.15, 0.2) is 45.8 Å². The van der Waals surface area contributed by atoms with Gasteiger partial charge in [0.25, 0.3) is 11.1 Å². The van der Waals surface area contributed by atoms with Gasteiger partial charge in [-0.2, -0.15) is 0 Å². The van der Waals surface area contributed by atoms with Crippen LogP contribution in [0.3, 0.4) is 0 Å². The van der Waals surface area contributed by atoms with E-state index in [0.29, 0.717) is 26.8 Å². The number of carbonyl (C=O) groups excluding carboxylic acids is 4. The minimum Gasteiger partial charge on any atom is -0.490 e. The highest BCUT2D eigenvalue weighted by Gasteiger charge is 2.37. The van der Waals surface area contributed by atoms with Gasteiger partial charge in [0.05, 0.1) is 27.7 Å². The summed E-state index contributed by atoms with van der Waals surface area (Å²) in [5.41, 5.74) is 0.777. The summed E-state index contributed by atoms with van der Waals surface area (Å²) in [4.78, 5) is 50.5. The second-order valence-electron chi connectivity index (χ2n) is 7.47. The lowest BCUT2D eigenvalue weighted by molar-refractivity contribution is -0.149. The van der Waals surface area contributed by atoms with Crippen molar-refractivity contribution in [1.82, 2.24) is 4.90 Å². The third kappa shape index (κ3) is 6.87. The zero-order valence-corrected chi connectivity index (χ0v) is 22.2. The first kappa shape index (κ1) is 26.8. The molecule has 0 radical (unpaired) electrons. The quantitative estimate of drug-likeness (QED) is 0.222. The summed E-state index contributed by atoms with van der Waals surface area (Å²) in [5.74, 6) is -1.50. The van der Waals surface area contributed by atoms with Gasteiger partial charge in [-0.15, -0.1) is 0 Å². The van der Waals surface area contributed by atoms with E-state index in [1.165, 1.54) is 12.1 Å². The van der Waals surface area contributed by atoms with E-state index in [2.05, 4.69) is 15.9 Å². The molecule has 2 aromatic carbocycles. The van der Waals surface area contributed by atoms with Gasteiger partial charge in [-0.1, -0.05) is 17.7 Å². The topological polar surface area (TPSA) is 99.2 Å². The molecule has 35 heavy (non-hydrogen) atoms. The van der Waals surface area contributed by atoms with E-state index in [0.717, 1.165) is 4.90 Å². The number of rotatable bonds is 8. The normalized spacial score (nSPS) is 14.6. The number of ether oxygens (including phenoxy) is 3. The number of hydrogen-bond acceptors (Lipinski definition) is 8. The average molecular weight is 583 g/mol. The molecule has 0 bridgehead atoms. The fourth-order valence-corrected chi connectivity index (χ4v) is 4.59. The van der Waals surface area contributed by atoms with E-state index in [9.17, 15) is 19.2 Å². The maximum atomic E-state index is 12.7. The van der Waals surface area contributed by atoms with E-state index in [1.54, 1.807) is 51.1 Å². The standard InChI is InChI=1S/C24H21BrClNO7S/c1-4-32-18-9-14(8-17(25)21(18)34-23(30)15-6-5-7-16(26)11-15)10-19-22(29)27(24(31)35-19)12-20(28)33-13(2)3/h5-11,13H,4,12H2,1-3H3/b19-10-. The molecular formula is C24H21BrClNO7S. The van der Waals surface area contributed by atoms with Crippen molar-refractivity contribution in [2.24, 2.45) is 0 Å². The lowest BCUT2D eigenvalue weighted by Crippen LogP contribution is -2.35. The first-order valence-corrected chi connectivity index (χ1v) is 12.5. The monoisotopic (exact) mass is 581 g/mol. The smallest absolute Gasteiger partial charge is 0.343 e. The molecule has 0 atom stereocenters. The Bertz CT molecular complexity index is 1210. The van der Waals surface area contributed by atoms with E-state index >= 15 is 0 Å². The van der Waals surface area contributed by atoms with Crippen LogP contribution in [0.1, 0.15) is 36.7 Å². The summed E-state index contributed by atoms with van der Waals surface area (Å²) in [6, 6.07) is 9.53. The molecule has 1 aliphatic heterocycles. The Balaban J connectivity index is 1.85. The maximum Gasteiger partial charge on any atom is 0.343 e. The lowest BCUT2D eigenvalue weighted by Gasteiger charge is -2.14. The minimum absolute atomic E-state index is 0.130. The molecule has 0 aromatic heterocycles. The Morgan fingerprint density at radius 1 is 1.20 bits per heavy atom. The van der Waals surface area contributed by atoms with Crippen LogP contribution in [0.25, 0.3) is 6.08 Å². The van der Waals surface area contributed by atoms with Crippen molar-refractivity contribution >= 4 is 68.5 Å². The molecule has 11 heteroatoms. The highest BCUT2D eigenvalue weighted by atomic mass is 79.9. The van der Waals surface area contributed by atoms with Gasteiger partial charge in [-0.05, 0) is 90.4 Å². The Morgan fingerprint density at radius 3 is 2.60 bits per heavy atom. The summed E-state index contributed by atoms with van der Waals surface area (Å²) in [5, 5.41) is -0.177. The van der Waals surface area contributed by atoms with Crippen molar-refractivity contribution in [3.05, 3.63) is 61.9 Å². The number of halogens is 2. The number of nitrogens with zero attached hydrogens (tertiary/aromatic N) is 1. The average Bonchev–Trinajstić information content (AvgIpc) is 3.03. The molecule has 0 spiro atoms. The summed E-state index contributed by atoms with van der Waals surface area (Å²) >= 11 is 10.1. The first-order valence-electron chi connectivity index (χ1n) is 10.5. The number of amides is 2. The van der Waals surface area contributed by atoms with Gasteiger partial charge < -0.3 is 14.2 Å². The van der Waals surface area contributed by atoms with E-state index in [1.807, 2.05) is 0 Å². The molecule has 0 unspecified atom stereocenters. The Morgan fingerprint density at radius 2 is 1.94 bits per heavy atom. The van der Waals surface area contributed by atoms with Gasteiger partial charge >= 0.3 is 11.9 Å². The molecule has 8 nitrogen and oxygen atoms in total. The SMILES string of the molecule is CCOc1cc(/C=C2\SC(=O)N(CC(=O)OC(C)C)C2=O)cc(Br)c1OC(=O)c1cccc(Cl)c1. The number of hydrogen-bond donors (Lipinski definition) is 0. The van der Waals surface area contributed by atoms with Crippen molar-refractivity contribution in [3.63, 3.8) is 0 Å². The van der Waals surface area contributed by atoms with Crippen LogP contribution in [0.5, 0.6) is 11.5 Å². The molecular weight excluding hydrogens is 562 g/mol. The van der Waals surface area contributed by atoms with Crippen LogP contribution in [-0.2, 0) is 14.3 Å². The zero-order valence-electron chi connectivity index (χ0n) is 19.0. The molecule has 2 aromatic rings. The molecule has 1 heterocycles. The van der Waals surface area contributed by atoms with Crippen LogP contribution in [0.4, 0.5) is 4.79 Å².